The van der Waals surface area contributed by atoms with Crippen LogP contribution >= 0.6 is 0 Å². The van der Waals surface area contributed by atoms with E-state index in [4.69, 9.17) is 0 Å². The Morgan fingerprint density at radius 3 is 1.14 bits per heavy atom. The Bertz CT molecular complexity index is 2950. The number of anilines is 6. The van der Waals surface area contributed by atoms with Gasteiger partial charge in [0.1, 0.15) is 0 Å². The molecule has 0 aliphatic heterocycles. The second-order valence-corrected chi connectivity index (χ2v) is 21.1. The fourth-order valence-electron chi connectivity index (χ4n) is 9.86. The summed E-state index contributed by atoms with van der Waals surface area (Å²) in [4.78, 5) is 5.07. The molecule has 2 heteroatoms. The zero-order valence-corrected chi connectivity index (χ0v) is 39.6. The van der Waals surface area contributed by atoms with Crippen LogP contribution in [0, 0.1) is 0 Å². The van der Waals surface area contributed by atoms with E-state index in [9.17, 15) is 0 Å². The number of hydrogen-bond acceptors (Lipinski definition) is 2. The van der Waals surface area contributed by atoms with Crippen LogP contribution in [0.15, 0.2) is 158 Å². The predicted octanol–water partition coefficient (Wildman–Crippen LogP) is 18.1. The first-order valence-electron chi connectivity index (χ1n) is 23.1. The van der Waals surface area contributed by atoms with Gasteiger partial charge in [-0.1, -0.05) is 180 Å². The highest BCUT2D eigenvalue weighted by Crippen LogP contribution is 2.56. The lowest BCUT2D eigenvalue weighted by atomic mass is 9.81. The van der Waals surface area contributed by atoms with Crippen LogP contribution in [-0.4, -0.2) is 0 Å². The number of rotatable bonds is 8. The third kappa shape index (κ3) is 7.42. The Balaban J connectivity index is 1.44. The fraction of sp³-hybridized carbons (Fsp3) is 0.279. The number of nitrogens with zero attached hydrogens (tertiary/aromatic N) is 2. The predicted molar refractivity (Wildman–Crippen MR) is 274 cm³/mol. The molecule has 1 aliphatic rings. The van der Waals surface area contributed by atoms with Gasteiger partial charge in [-0.2, -0.15) is 0 Å². The van der Waals surface area contributed by atoms with Gasteiger partial charge in [0.05, 0.1) is 11.4 Å². The molecule has 0 N–H and O–H groups in total. The molecular formula is C61H64N2. The molecule has 0 atom stereocenters. The lowest BCUT2D eigenvalue weighted by molar-refractivity contribution is 0.590. The third-order valence-corrected chi connectivity index (χ3v) is 13.7. The highest BCUT2D eigenvalue weighted by atomic mass is 15.2. The maximum Gasteiger partial charge on any atom is 0.0620 e. The molecule has 0 bridgehead atoms. The molecule has 0 saturated heterocycles. The van der Waals surface area contributed by atoms with Crippen molar-refractivity contribution in [2.24, 2.45) is 0 Å². The second-order valence-electron chi connectivity index (χ2n) is 21.1. The van der Waals surface area contributed by atoms with Gasteiger partial charge in [-0.15, -0.1) is 0 Å². The van der Waals surface area contributed by atoms with Gasteiger partial charge in [-0.25, -0.2) is 0 Å². The van der Waals surface area contributed by atoms with Crippen LogP contribution in [0.4, 0.5) is 34.1 Å². The van der Waals surface area contributed by atoms with E-state index in [0.717, 1.165) is 22.7 Å². The summed E-state index contributed by atoms with van der Waals surface area (Å²) >= 11 is 0. The van der Waals surface area contributed by atoms with Gasteiger partial charge < -0.3 is 9.80 Å². The van der Waals surface area contributed by atoms with Gasteiger partial charge >= 0.3 is 0 Å². The minimum atomic E-state index is -0.184. The Labute approximate surface area is 377 Å². The standard InChI is InChI=1S/C61H64N2/c1-39(2)41-21-29-45(30-22-41)62(47-33-25-43(26-34-47)59(5,6)7)57-50-18-13-14-19-51(50)58(54-38-56-52(37-53(54)57)49-17-15-16-20-55(49)61(56,11)12)63(46-31-23-42(24-32-46)40(3)4)48-35-27-44(28-36-48)60(8,9)10/h13-40H,1-12H3. The molecule has 0 radical (unpaired) electrons. The summed E-state index contributed by atoms with van der Waals surface area (Å²) in [6, 6.07) is 60.5. The SMILES string of the molecule is CC(C)c1ccc(N(c2ccc(C(C)(C)C)cc2)c2c3ccccc3c(N(c3ccc(C(C)C)cc3)c3ccc(C(C)(C)C)cc3)c3cc4c(cc23)-c2ccccc2C4(C)C)cc1. The molecule has 0 fully saturated rings. The molecule has 0 aromatic heterocycles. The van der Waals surface area contributed by atoms with E-state index in [2.05, 4.69) is 251 Å². The van der Waals surface area contributed by atoms with Crippen molar-refractivity contribution < 1.29 is 0 Å². The molecule has 1 aliphatic carbocycles. The van der Waals surface area contributed by atoms with E-state index < -0.39 is 0 Å². The summed E-state index contributed by atoms with van der Waals surface area (Å²) in [6.07, 6.45) is 0. The Morgan fingerprint density at radius 1 is 0.381 bits per heavy atom. The monoisotopic (exact) mass is 825 g/mol. The first-order valence-corrected chi connectivity index (χ1v) is 23.1. The van der Waals surface area contributed by atoms with Crippen molar-refractivity contribution in [3.8, 4) is 11.1 Å². The first-order chi connectivity index (χ1) is 29.9. The van der Waals surface area contributed by atoms with Gasteiger partial charge in [0, 0.05) is 49.7 Å². The largest absolute Gasteiger partial charge is 0.309 e. The number of fused-ring (bicyclic) bond motifs is 5. The van der Waals surface area contributed by atoms with Gasteiger partial charge in [0.15, 0.2) is 0 Å². The van der Waals surface area contributed by atoms with Crippen molar-refractivity contribution >= 4 is 55.7 Å². The molecule has 318 valence electrons. The van der Waals surface area contributed by atoms with Crippen molar-refractivity contribution in [3.63, 3.8) is 0 Å². The van der Waals surface area contributed by atoms with Crippen LogP contribution in [0.1, 0.15) is 128 Å². The number of hydrogen-bond donors (Lipinski definition) is 0. The molecule has 0 spiro atoms. The summed E-state index contributed by atoms with van der Waals surface area (Å²) < 4.78 is 0. The van der Waals surface area contributed by atoms with E-state index in [1.54, 1.807) is 0 Å². The van der Waals surface area contributed by atoms with Crippen LogP contribution in [-0.2, 0) is 16.2 Å². The summed E-state index contributed by atoms with van der Waals surface area (Å²) in [5.74, 6) is 0.868. The van der Waals surface area contributed by atoms with Gasteiger partial charge in [0.25, 0.3) is 0 Å². The molecule has 63 heavy (non-hydrogen) atoms. The van der Waals surface area contributed by atoms with Crippen LogP contribution < -0.4 is 9.80 Å². The summed E-state index contributed by atoms with van der Waals surface area (Å²) in [6.45, 7) is 27.7. The Kier molecular flexibility index (Phi) is 10.4. The van der Waals surface area contributed by atoms with Crippen molar-refractivity contribution in [1.29, 1.82) is 0 Å². The highest BCUT2D eigenvalue weighted by molar-refractivity contribution is 6.24. The fourth-order valence-corrected chi connectivity index (χ4v) is 9.86. The molecule has 0 heterocycles. The van der Waals surface area contributed by atoms with Crippen molar-refractivity contribution in [1.82, 2.24) is 0 Å². The molecule has 2 nitrogen and oxygen atoms in total. The van der Waals surface area contributed by atoms with E-state index in [-0.39, 0.29) is 16.2 Å². The maximum absolute atomic E-state index is 2.55. The Hall–Kier alpha value is -6.12. The first kappa shape index (κ1) is 42.2. The zero-order chi connectivity index (χ0) is 44.6. The summed E-state index contributed by atoms with van der Waals surface area (Å²) in [5.41, 5.74) is 17.5. The topological polar surface area (TPSA) is 6.48 Å². The number of benzene rings is 8. The molecular weight excluding hydrogens is 761 g/mol. The second kappa shape index (κ2) is 15.6. The molecule has 0 amide bonds. The van der Waals surface area contributed by atoms with E-state index in [1.807, 2.05) is 0 Å². The lowest BCUT2D eigenvalue weighted by Crippen LogP contribution is -2.17. The lowest BCUT2D eigenvalue weighted by Gasteiger charge is -2.34. The van der Waals surface area contributed by atoms with Crippen LogP contribution in [0.3, 0.4) is 0 Å². The van der Waals surface area contributed by atoms with E-state index in [0.29, 0.717) is 11.8 Å². The highest BCUT2D eigenvalue weighted by Gasteiger charge is 2.37. The van der Waals surface area contributed by atoms with E-state index in [1.165, 1.54) is 77.4 Å². The van der Waals surface area contributed by atoms with E-state index >= 15 is 0 Å². The van der Waals surface area contributed by atoms with Crippen LogP contribution in [0.2, 0.25) is 0 Å². The van der Waals surface area contributed by atoms with Crippen LogP contribution in [0.5, 0.6) is 0 Å². The molecule has 0 unspecified atom stereocenters. The smallest absolute Gasteiger partial charge is 0.0620 e. The summed E-state index contributed by atoms with van der Waals surface area (Å²) in [7, 11) is 0. The normalized spacial score (nSPS) is 13.5. The van der Waals surface area contributed by atoms with Crippen molar-refractivity contribution in [3.05, 3.63) is 191 Å². The maximum atomic E-state index is 2.55. The zero-order valence-electron chi connectivity index (χ0n) is 39.6. The van der Waals surface area contributed by atoms with Gasteiger partial charge in [-0.05, 0) is 128 Å². The Morgan fingerprint density at radius 2 is 0.746 bits per heavy atom. The van der Waals surface area contributed by atoms with Crippen molar-refractivity contribution in [2.45, 2.75) is 111 Å². The molecule has 8 aromatic rings. The van der Waals surface area contributed by atoms with Crippen molar-refractivity contribution in [2.75, 3.05) is 9.80 Å². The molecule has 9 rings (SSSR count). The quantitative estimate of drug-likeness (QED) is 0.111. The van der Waals surface area contributed by atoms with Gasteiger partial charge in [-0.3, -0.25) is 0 Å². The van der Waals surface area contributed by atoms with Crippen LogP contribution in [0.25, 0.3) is 32.7 Å². The molecule has 0 saturated carbocycles. The average Bonchev–Trinajstić information content (AvgIpc) is 3.48. The minimum Gasteiger partial charge on any atom is -0.309 e. The van der Waals surface area contributed by atoms with Gasteiger partial charge in [0.2, 0.25) is 0 Å². The molecule has 8 aromatic carbocycles. The third-order valence-electron chi connectivity index (χ3n) is 13.7. The minimum absolute atomic E-state index is 0.0337. The average molecular weight is 825 g/mol. The summed E-state index contributed by atoms with van der Waals surface area (Å²) in [5, 5.41) is 4.86.